The molecule has 0 saturated heterocycles. The van der Waals surface area contributed by atoms with Gasteiger partial charge in [-0.2, -0.15) is 0 Å². The number of benzene rings is 1. The number of hydrogen-bond donors (Lipinski definition) is 3. The van der Waals surface area contributed by atoms with Gasteiger partial charge in [0.1, 0.15) is 0 Å². The van der Waals surface area contributed by atoms with Gasteiger partial charge in [-0.1, -0.05) is 13.0 Å². The summed E-state index contributed by atoms with van der Waals surface area (Å²) < 4.78 is 0. The zero-order valence-corrected chi connectivity index (χ0v) is 9.53. The van der Waals surface area contributed by atoms with Gasteiger partial charge >= 0.3 is 6.03 Å². The molecule has 0 spiro atoms. The van der Waals surface area contributed by atoms with E-state index in [9.17, 15) is 4.79 Å². The number of nitrogens with zero attached hydrogens (tertiary/aromatic N) is 1. The average Bonchev–Trinajstić information content (AvgIpc) is 2.76. The van der Waals surface area contributed by atoms with Crippen molar-refractivity contribution < 1.29 is 4.79 Å². The van der Waals surface area contributed by atoms with Gasteiger partial charge in [0.2, 0.25) is 0 Å². The van der Waals surface area contributed by atoms with Crippen LogP contribution in [0.15, 0.2) is 36.8 Å². The van der Waals surface area contributed by atoms with Crippen LogP contribution in [0, 0.1) is 0 Å². The number of imidazole rings is 1. The Hall–Kier alpha value is -2.30. The van der Waals surface area contributed by atoms with Crippen molar-refractivity contribution >= 4 is 22.8 Å². The molecule has 2 amide bonds. The third-order valence-electron chi connectivity index (χ3n) is 2.25. The number of fused-ring (bicyclic) bond motifs is 1. The molecule has 17 heavy (non-hydrogen) atoms. The molecule has 0 saturated carbocycles. The van der Waals surface area contributed by atoms with Crippen LogP contribution in [0.4, 0.5) is 10.5 Å². The van der Waals surface area contributed by atoms with Crippen molar-refractivity contribution in [3.63, 3.8) is 0 Å². The number of H-pyrrole nitrogens is 1. The molecule has 0 aliphatic heterocycles. The molecule has 0 fully saturated rings. The number of allylic oxidation sites excluding steroid dienone is 1. The summed E-state index contributed by atoms with van der Waals surface area (Å²) in [5.74, 6) is 0. The lowest BCUT2D eigenvalue weighted by molar-refractivity contribution is 0.255. The van der Waals surface area contributed by atoms with Crippen molar-refractivity contribution in [1.82, 2.24) is 15.3 Å². The highest BCUT2D eigenvalue weighted by Gasteiger charge is 2.01. The van der Waals surface area contributed by atoms with Crippen molar-refractivity contribution in [2.45, 2.75) is 13.3 Å². The van der Waals surface area contributed by atoms with E-state index in [1.807, 2.05) is 31.2 Å². The van der Waals surface area contributed by atoms with Gasteiger partial charge in [-0.25, -0.2) is 9.78 Å². The topological polar surface area (TPSA) is 69.8 Å². The Morgan fingerprint density at radius 3 is 3.24 bits per heavy atom. The van der Waals surface area contributed by atoms with Crippen LogP contribution in [0.25, 0.3) is 11.0 Å². The standard InChI is InChI=1S/C12H14N4O/c1-2-3-6-13-12(17)16-9-4-5-10-11(7-9)15-8-14-10/h3-8H,2H2,1H3,(H,14,15)(H2,13,16,17)/b6-3+. The molecule has 5 heteroatoms. The van der Waals surface area contributed by atoms with E-state index in [2.05, 4.69) is 20.6 Å². The second-order valence-electron chi connectivity index (χ2n) is 3.54. The van der Waals surface area contributed by atoms with E-state index < -0.39 is 0 Å². The van der Waals surface area contributed by atoms with Crippen molar-refractivity contribution in [2.24, 2.45) is 0 Å². The number of hydrogen-bond acceptors (Lipinski definition) is 2. The lowest BCUT2D eigenvalue weighted by atomic mass is 10.3. The fourth-order valence-corrected chi connectivity index (χ4v) is 1.43. The second kappa shape index (κ2) is 5.16. The molecule has 0 radical (unpaired) electrons. The molecule has 5 nitrogen and oxygen atoms in total. The Morgan fingerprint density at radius 2 is 2.41 bits per heavy atom. The van der Waals surface area contributed by atoms with Crippen LogP contribution >= 0.6 is 0 Å². The molecule has 0 atom stereocenters. The molecule has 0 aliphatic carbocycles. The van der Waals surface area contributed by atoms with Crippen LogP contribution < -0.4 is 10.6 Å². The first-order valence-corrected chi connectivity index (χ1v) is 5.45. The SMILES string of the molecule is CC/C=C/NC(=O)Nc1ccc2nc[nH]c2c1. The van der Waals surface area contributed by atoms with Crippen molar-refractivity contribution in [3.05, 3.63) is 36.8 Å². The molecule has 88 valence electrons. The first-order chi connectivity index (χ1) is 8.29. The van der Waals surface area contributed by atoms with Crippen LogP contribution in [0.3, 0.4) is 0 Å². The van der Waals surface area contributed by atoms with E-state index in [1.165, 1.54) is 0 Å². The first-order valence-electron chi connectivity index (χ1n) is 5.45. The minimum Gasteiger partial charge on any atom is -0.345 e. The third kappa shape index (κ3) is 2.84. The lowest BCUT2D eigenvalue weighted by Crippen LogP contribution is -2.23. The lowest BCUT2D eigenvalue weighted by Gasteiger charge is -2.04. The van der Waals surface area contributed by atoms with Crippen LogP contribution in [-0.4, -0.2) is 16.0 Å². The minimum atomic E-state index is -0.256. The van der Waals surface area contributed by atoms with E-state index >= 15 is 0 Å². The highest BCUT2D eigenvalue weighted by Crippen LogP contribution is 2.15. The summed E-state index contributed by atoms with van der Waals surface area (Å²) in [5, 5.41) is 5.35. The van der Waals surface area contributed by atoms with Gasteiger partial charge in [0.15, 0.2) is 0 Å². The van der Waals surface area contributed by atoms with Crippen molar-refractivity contribution in [3.8, 4) is 0 Å². The number of nitrogens with one attached hydrogen (secondary N) is 3. The molecular weight excluding hydrogens is 216 g/mol. The molecule has 0 bridgehead atoms. The van der Waals surface area contributed by atoms with Gasteiger partial charge in [0.05, 0.1) is 17.4 Å². The largest absolute Gasteiger partial charge is 0.345 e. The van der Waals surface area contributed by atoms with E-state index in [0.29, 0.717) is 0 Å². The quantitative estimate of drug-likeness (QED) is 0.758. The number of carbonyl (C=O) groups excluding carboxylic acids is 1. The molecule has 0 unspecified atom stereocenters. The molecule has 0 aliphatic rings. The molecule has 1 aromatic carbocycles. The highest BCUT2D eigenvalue weighted by molar-refractivity contribution is 5.92. The van der Waals surface area contributed by atoms with E-state index in [1.54, 1.807) is 12.5 Å². The van der Waals surface area contributed by atoms with E-state index in [4.69, 9.17) is 0 Å². The van der Waals surface area contributed by atoms with Crippen LogP contribution in [0.5, 0.6) is 0 Å². The van der Waals surface area contributed by atoms with Crippen LogP contribution in [-0.2, 0) is 0 Å². The van der Waals surface area contributed by atoms with E-state index in [0.717, 1.165) is 23.1 Å². The monoisotopic (exact) mass is 230 g/mol. The number of urea groups is 1. The Bertz CT molecular complexity index is 544. The van der Waals surface area contributed by atoms with Gasteiger partial charge in [-0.05, 0) is 24.6 Å². The maximum atomic E-state index is 11.5. The van der Waals surface area contributed by atoms with Gasteiger partial charge in [0.25, 0.3) is 0 Å². The number of aromatic amines is 1. The number of aromatic nitrogens is 2. The summed E-state index contributed by atoms with van der Waals surface area (Å²) in [6, 6.07) is 5.25. The van der Waals surface area contributed by atoms with Crippen LogP contribution in [0.1, 0.15) is 13.3 Å². The number of rotatable bonds is 3. The predicted molar refractivity (Wildman–Crippen MR) is 67.7 cm³/mol. The second-order valence-corrected chi connectivity index (χ2v) is 3.54. The fraction of sp³-hybridized carbons (Fsp3) is 0.167. The molecule has 1 heterocycles. The Morgan fingerprint density at radius 1 is 1.53 bits per heavy atom. The normalized spacial score (nSPS) is 10.9. The molecule has 1 aromatic heterocycles. The van der Waals surface area contributed by atoms with Gasteiger partial charge in [-0.15, -0.1) is 0 Å². The van der Waals surface area contributed by atoms with Crippen molar-refractivity contribution in [1.29, 1.82) is 0 Å². The Labute approximate surface area is 98.9 Å². The number of carbonyl (C=O) groups is 1. The predicted octanol–water partition coefficient (Wildman–Crippen LogP) is 2.61. The number of anilines is 1. The van der Waals surface area contributed by atoms with Gasteiger partial charge in [-0.3, -0.25) is 0 Å². The maximum absolute atomic E-state index is 11.5. The molecule has 2 aromatic rings. The summed E-state index contributed by atoms with van der Waals surface area (Å²) in [5.41, 5.74) is 2.50. The maximum Gasteiger partial charge on any atom is 0.323 e. The summed E-state index contributed by atoms with van der Waals surface area (Å²) in [6.07, 6.45) is 6.01. The summed E-state index contributed by atoms with van der Waals surface area (Å²) >= 11 is 0. The fourth-order valence-electron chi connectivity index (χ4n) is 1.43. The van der Waals surface area contributed by atoms with Crippen LogP contribution in [0.2, 0.25) is 0 Å². The average molecular weight is 230 g/mol. The first kappa shape index (κ1) is 11.2. The minimum absolute atomic E-state index is 0.256. The molecule has 2 rings (SSSR count). The number of amides is 2. The summed E-state index contributed by atoms with van der Waals surface area (Å²) in [4.78, 5) is 18.6. The van der Waals surface area contributed by atoms with Crippen molar-refractivity contribution in [2.75, 3.05) is 5.32 Å². The van der Waals surface area contributed by atoms with Gasteiger partial charge in [0, 0.05) is 11.9 Å². The Balaban J connectivity index is 2.02. The summed E-state index contributed by atoms with van der Waals surface area (Å²) in [6.45, 7) is 2.00. The smallest absolute Gasteiger partial charge is 0.323 e. The third-order valence-corrected chi connectivity index (χ3v) is 2.25. The zero-order valence-electron chi connectivity index (χ0n) is 9.53. The molecule has 3 N–H and O–H groups in total. The summed E-state index contributed by atoms with van der Waals surface area (Å²) in [7, 11) is 0. The highest BCUT2D eigenvalue weighted by atomic mass is 16.2. The molecular formula is C12H14N4O. The zero-order chi connectivity index (χ0) is 12.1. The Kier molecular flexibility index (Phi) is 3.40. The van der Waals surface area contributed by atoms with Gasteiger partial charge < -0.3 is 15.6 Å². The van der Waals surface area contributed by atoms with E-state index in [-0.39, 0.29) is 6.03 Å².